The molecular weight excluding hydrogens is 364 g/mol. The molecule has 27 heavy (non-hydrogen) atoms. The van der Waals surface area contributed by atoms with E-state index in [4.69, 9.17) is 4.74 Å². The predicted octanol–water partition coefficient (Wildman–Crippen LogP) is 5.40. The maximum Gasteiger partial charge on any atom is 0.419 e. The zero-order chi connectivity index (χ0) is 21.1. The molecule has 0 saturated heterocycles. The first kappa shape index (κ1) is 23.7. The highest BCUT2D eigenvalue weighted by molar-refractivity contribution is 5.31. The number of hydrogen-bond acceptors (Lipinski definition) is 3. The lowest BCUT2D eigenvalue weighted by Crippen LogP contribution is -2.42. The third-order valence-corrected chi connectivity index (χ3v) is 4.02. The molecule has 0 aliphatic rings. The summed E-state index contributed by atoms with van der Waals surface area (Å²) in [4.78, 5) is 0. The van der Waals surface area contributed by atoms with E-state index in [9.17, 15) is 22.7 Å². The zero-order valence-corrected chi connectivity index (χ0v) is 16.8. The second-order valence-corrected chi connectivity index (χ2v) is 8.83. The minimum Gasteiger partial charge on any atom is -0.491 e. The average molecular weight is 394 g/mol. The van der Waals surface area contributed by atoms with Crippen LogP contribution in [0.2, 0.25) is 0 Å². The van der Waals surface area contributed by atoms with Gasteiger partial charge in [-0.1, -0.05) is 46.8 Å². The topological polar surface area (TPSA) is 38.7 Å². The summed E-state index contributed by atoms with van der Waals surface area (Å²) < 4.78 is 60.5. The molecule has 0 aromatic heterocycles. The number of benzene rings is 1. The monoisotopic (exact) mass is 394 g/mol. The number of rotatable bonds is 9. The first-order chi connectivity index (χ1) is 12.0. The summed E-state index contributed by atoms with van der Waals surface area (Å²) in [6, 6.07) is 7.27. The number of ether oxygens (including phenoxy) is 2. The molecule has 0 heterocycles. The Labute approximate surface area is 158 Å². The smallest absolute Gasteiger partial charge is 0.419 e. The van der Waals surface area contributed by atoms with Crippen molar-refractivity contribution < 1.29 is 32.1 Å². The van der Waals surface area contributed by atoms with Crippen LogP contribution >= 0.6 is 0 Å². The van der Waals surface area contributed by atoms with Crippen LogP contribution in [0.1, 0.15) is 53.5 Å². The highest BCUT2D eigenvalue weighted by Gasteiger charge is 2.54. The fraction of sp³-hybridized carbons (Fsp3) is 0.700. The zero-order valence-electron chi connectivity index (χ0n) is 16.8. The van der Waals surface area contributed by atoms with E-state index in [0.29, 0.717) is 5.75 Å². The van der Waals surface area contributed by atoms with Crippen molar-refractivity contribution >= 4 is 0 Å². The van der Waals surface area contributed by atoms with E-state index in [1.165, 1.54) is 0 Å². The second kappa shape index (κ2) is 8.35. The molecular formula is C20H30F4O3. The van der Waals surface area contributed by atoms with Crippen molar-refractivity contribution in [2.24, 2.45) is 5.41 Å². The Morgan fingerprint density at radius 2 is 1.41 bits per heavy atom. The van der Waals surface area contributed by atoms with Crippen LogP contribution in [0.25, 0.3) is 0 Å². The van der Waals surface area contributed by atoms with Crippen molar-refractivity contribution in [2.45, 2.75) is 71.5 Å². The van der Waals surface area contributed by atoms with Gasteiger partial charge in [-0.25, -0.2) is 0 Å². The highest BCUT2D eigenvalue weighted by atomic mass is 19.3. The van der Waals surface area contributed by atoms with E-state index < -0.39 is 24.7 Å². The van der Waals surface area contributed by atoms with E-state index in [2.05, 4.69) is 39.4 Å². The first-order valence-corrected chi connectivity index (χ1v) is 8.84. The van der Waals surface area contributed by atoms with Crippen LogP contribution in [0.5, 0.6) is 5.75 Å². The third-order valence-electron chi connectivity index (χ3n) is 4.02. The van der Waals surface area contributed by atoms with Crippen molar-refractivity contribution in [2.75, 3.05) is 13.2 Å². The lowest BCUT2D eigenvalue weighted by Gasteiger charge is -2.33. The van der Waals surface area contributed by atoms with Gasteiger partial charge in [-0.2, -0.15) is 17.6 Å². The van der Waals surface area contributed by atoms with E-state index >= 15 is 0 Å². The molecule has 0 bridgehead atoms. The normalized spacial score (nSPS) is 14.9. The largest absolute Gasteiger partial charge is 0.491 e. The number of hydrogen-bond donors (Lipinski definition) is 1. The summed E-state index contributed by atoms with van der Waals surface area (Å²) in [5, 5.41) is 9.62. The molecule has 0 amide bonds. The van der Waals surface area contributed by atoms with Crippen molar-refractivity contribution in [1.82, 2.24) is 0 Å². The van der Waals surface area contributed by atoms with Crippen LogP contribution in [-0.4, -0.2) is 36.5 Å². The Morgan fingerprint density at radius 3 is 1.85 bits per heavy atom. The van der Waals surface area contributed by atoms with Gasteiger partial charge in [-0.15, -0.1) is 0 Å². The van der Waals surface area contributed by atoms with Gasteiger partial charge in [0.15, 0.2) is 0 Å². The molecule has 0 aliphatic heterocycles. The van der Waals surface area contributed by atoms with Crippen molar-refractivity contribution in [1.29, 1.82) is 0 Å². The van der Waals surface area contributed by atoms with Crippen molar-refractivity contribution in [3.8, 4) is 5.75 Å². The SMILES string of the molecule is CC(C)(C)CC(C)(C)c1ccc(OCC(O)COC(F)(F)C(C)(F)F)cc1. The molecule has 1 rings (SSSR count). The van der Waals surface area contributed by atoms with Gasteiger partial charge in [-0.3, -0.25) is 0 Å². The van der Waals surface area contributed by atoms with Gasteiger partial charge in [0, 0.05) is 6.92 Å². The summed E-state index contributed by atoms with van der Waals surface area (Å²) >= 11 is 0. The highest BCUT2D eigenvalue weighted by Crippen LogP contribution is 2.37. The van der Waals surface area contributed by atoms with Crippen LogP contribution in [-0.2, 0) is 10.2 Å². The molecule has 0 saturated carbocycles. The third kappa shape index (κ3) is 7.66. The maximum atomic E-state index is 13.0. The summed E-state index contributed by atoms with van der Waals surface area (Å²) in [6.07, 6.45) is -5.13. The van der Waals surface area contributed by atoms with Gasteiger partial charge in [0.05, 0.1) is 6.61 Å². The standard InChI is InChI=1S/C20H30F4O3/c1-17(2,3)13-18(4,5)14-7-9-16(10-8-14)26-11-15(25)12-27-20(23,24)19(6,21)22/h7-10,15,25H,11-13H2,1-6H3. The summed E-state index contributed by atoms with van der Waals surface area (Å²) in [5.41, 5.74) is 1.25. The Hall–Kier alpha value is -1.34. The Bertz CT molecular complexity index is 587. The molecule has 0 aliphatic carbocycles. The molecule has 1 atom stereocenters. The average Bonchev–Trinajstić information content (AvgIpc) is 2.48. The lowest BCUT2D eigenvalue weighted by molar-refractivity contribution is -0.346. The van der Waals surface area contributed by atoms with Gasteiger partial charge < -0.3 is 14.6 Å². The fourth-order valence-electron chi connectivity index (χ4n) is 3.00. The van der Waals surface area contributed by atoms with Crippen LogP contribution < -0.4 is 4.74 Å². The van der Waals surface area contributed by atoms with Crippen molar-refractivity contribution in [3.63, 3.8) is 0 Å². The van der Waals surface area contributed by atoms with Crippen LogP contribution in [0, 0.1) is 5.41 Å². The predicted molar refractivity (Wildman–Crippen MR) is 96.6 cm³/mol. The fourth-order valence-corrected chi connectivity index (χ4v) is 3.00. The number of aliphatic hydroxyl groups is 1. The quantitative estimate of drug-likeness (QED) is 0.570. The Kier molecular flexibility index (Phi) is 7.33. The minimum atomic E-state index is -4.64. The molecule has 1 unspecified atom stereocenters. The molecule has 7 heteroatoms. The Balaban J connectivity index is 2.57. The van der Waals surface area contributed by atoms with Gasteiger partial charge in [0.1, 0.15) is 18.5 Å². The van der Waals surface area contributed by atoms with Gasteiger partial charge >= 0.3 is 12.0 Å². The Morgan fingerprint density at radius 1 is 0.889 bits per heavy atom. The molecule has 1 N–H and O–H groups in total. The number of halogens is 4. The van der Waals surface area contributed by atoms with Crippen molar-refractivity contribution in [3.05, 3.63) is 29.8 Å². The molecule has 0 radical (unpaired) electrons. The van der Waals surface area contributed by atoms with Gasteiger partial charge in [0.2, 0.25) is 0 Å². The molecule has 1 aromatic carbocycles. The molecule has 3 nitrogen and oxygen atoms in total. The molecule has 156 valence electrons. The molecule has 1 aromatic rings. The molecule has 0 fully saturated rings. The van der Waals surface area contributed by atoms with Crippen LogP contribution in [0.3, 0.4) is 0 Å². The van der Waals surface area contributed by atoms with E-state index in [-0.39, 0.29) is 24.4 Å². The van der Waals surface area contributed by atoms with Gasteiger partial charge in [-0.05, 0) is 34.9 Å². The van der Waals surface area contributed by atoms with E-state index in [1.807, 2.05) is 12.1 Å². The second-order valence-electron chi connectivity index (χ2n) is 8.83. The summed E-state index contributed by atoms with van der Waals surface area (Å²) in [5.74, 6) is -3.89. The first-order valence-electron chi connectivity index (χ1n) is 8.84. The number of alkyl halides is 4. The van der Waals surface area contributed by atoms with E-state index in [0.717, 1.165) is 12.0 Å². The van der Waals surface area contributed by atoms with Crippen LogP contribution in [0.4, 0.5) is 17.6 Å². The number of aliphatic hydroxyl groups excluding tert-OH is 1. The lowest BCUT2D eigenvalue weighted by atomic mass is 9.72. The van der Waals surface area contributed by atoms with E-state index in [1.54, 1.807) is 12.1 Å². The minimum absolute atomic E-state index is 0.0406. The summed E-state index contributed by atoms with van der Waals surface area (Å²) in [6.45, 7) is 9.56. The van der Waals surface area contributed by atoms with Gasteiger partial charge in [0.25, 0.3) is 0 Å². The maximum absolute atomic E-state index is 13.0. The van der Waals surface area contributed by atoms with Crippen LogP contribution in [0.15, 0.2) is 24.3 Å². The molecule has 0 spiro atoms. The summed E-state index contributed by atoms with van der Waals surface area (Å²) in [7, 11) is 0.